The molecule has 1 amide bonds. The number of carbonyl (C=O) groups excluding carboxylic acids is 3. The van der Waals surface area contributed by atoms with Crippen LogP contribution in [0.3, 0.4) is 0 Å². The summed E-state index contributed by atoms with van der Waals surface area (Å²) in [5, 5.41) is 44.9. The van der Waals surface area contributed by atoms with Crippen LogP contribution in [0.1, 0.15) is 55.6 Å². The van der Waals surface area contributed by atoms with E-state index in [0.717, 1.165) is 18.7 Å². The first-order chi connectivity index (χ1) is 18.6. The molecule has 10 nitrogen and oxygen atoms in total. The van der Waals surface area contributed by atoms with Gasteiger partial charge in [0.05, 0.1) is 11.6 Å². The molecule has 0 radical (unpaired) electrons. The molecule has 10 heteroatoms. The Morgan fingerprint density at radius 2 is 1.68 bits per heavy atom. The van der Waals surface area contributed by atoms with Crippen LogP contribution in [0.15, 0.2) is 34.8 Å². The van der Waals surface area contributed by atoms with E-state index in [0.29, 0.717) is 23.9 Å². The molecule has 0 saturated heterocycles. The zero-order valence-corrected chi connectivity index (χ0v) is 24.1. The molecule has 218 valence electrons. The number of carbonyl (C=O) groups is 3. The number of phenolic OH excluding ortho intramolecular Hbond substituents is 1. The number of nitrogens with zero attached hydrogens (tertiary/aromatic N) is 2. The molecule has 0 spiro atoms. The number of fused-ring (bicyclic) bond motifs is 3. The lowest BCUT2D eigenvalue weighted by molar-refractivity contribution is -0.148. The normalized spacial score (nSPS) is 26.6. The number of benzene rings is 1. The topological polar surface area (TPSA) is 165 Å². The number of allylic oxidation sites excluding steroid dienone is 1. The molecule has 4 atom stereocenters. The first kappa shape index (κ1) is 29.8. The van der Waals surface area contributed by atoms with Gasteiger partial charge in [-0.15, -0.1) is 0 Å². The third-order valence-electron chi connectivity index (χ3n) is 8.34. The lowest BCUT2D eigenvalue weighted by Crippen LogP contribution is -2.63. The van der Waals surface area contributed by atoms with E-state index in [-0.39, 0.29) is 29.7 Å². The average Bonchev–Trinajstić information content (AvgIpc) is 2.81. The number of hydrogen-bond donors (Lipinski definition) is 5. The van der Waals surface area contributed by atoms with Crippen LogP contribution in [-0.2, 0) is 22.6 Å². The van der Waals surface area contributed by atoms with Gasteiger partial charge in [-0.3, -0.25) is 24.2 Å². The average molecular weight is 556 g/mol. The second-order valence-corrected chi connectivity index (χ2v) is 12.5. The maximum atomic E-state index is 13.9. The summed E-state index contributed by atoms with van der Waals surface area (Å²) >= 11 is 0. The first-order valence-electron chi connectivity index (χ1n) is 13.8. The minimum atomic E-state index is -2.64. The molecule has 0 aromatic heterocycles. The van der Waals surface area contributed by atoms with Crippen LogP contribution in [-0.4, -0.2) is 86.5 Å². The van der Waals surface area contributed by atoms with Crippen molar-refractivity contribution in [3.05, 3.63) is 51.5 Å². The molecule has 0 fully saturated rings. The largest absolute Gasteiger partial charge is 0.510 e. The number of hydrogen-bond acceptors (Lipinski definition) is 9. The summed E-state index contributed by atoms with van der Waals surface area (Å²) in [6.07, 6.45) is 0.359. The van der Waals surface area contributed by atoms with Crippen molar-refractivity contribution in [2.75, 3.05) is 27.2 Å². The van der Waals surface area contributed by atoms with Crippen LogP contribution >= 0.6 is 0 Å². The maximum Gasteiger partial charge on any atom is 0.255 e. The second-order valence-electron chi connectivity index (χ2n) is 12.5. The third-order valence-corrected chi connectivity index (χ3v) is 8.34. The number of rotatable bonds is 8. The number of amides is 1. The molecule has 0 heterocycles. The van der Waals surface area contributed by atoms with Crippen LogP contribution in [0.2, 0.25) is 0 Å². The molecular weight excluding hydrogens is 514 g/mol. The number of aromatic hydroxyl groups is 1. The van der Waals surface area contributed by atoms with Gasteiger partial charge >= 0.3 is 0 Å². The van der Waals surface area contributed by atoms with Crippen LogP contribution in [0.4, 0.5) is 0 Å². The van der Waals surface area contributed by atoms with Crippen molar-refractivity contribution >= 4 is 17.5 Å². The van der Waals surface area contributed by atoms with Crippen molar-refractivity contribution < 1.29 is 34.8 Å². The highest BCUT2D eigenvalue weighted by Gasteiger charge is 2.63. The lowest BCUT2D eigenvalue weighted by Gasteiger charge is -2.50. The van der Waals surface area contributed by atoms with Gasteiger partial charge < -0.3 is 26.2 Å². The van der Waals surface area contributed by atoms with Gasteiger partial charge in [-0.05, 0) is 61.9 Å². The number of Topliss-reactive ketones (excluding diaryl/α,β-unsaturated/α-hetero) is 2. The van der Waals surface area contributed by atoms with E-state index >= 15 is 0 Å². The Morgan fingerprint density at radius 1 is 1.07 bits per heavy atom. The smallest absolute Gasteiger partial charge is 0.255 e. The van der Waals surface area contributed by atoms with Gasteiger partial charge in [0.1, 0.15) is 22.8 Å². The monoisotopic (exact) mass is 555 g/mol. The zero-order chi connectivity index (χ0) is 29.8. The molecule has 0 bridgehead atoms. The highest BCUT2D eigenvalue weighted by atomic mass is 16.3. The fraction of sp³-hybridized carbons (Fsp3) is 0.567. The van der Waals surface area contributed by atoms with Crippen molar-refractivity contribution in [2.45, 2.75) is 58.7 Å². The van der Waals surface area contributed by atoms with E-state index < -0.39 is 58.0 Å². The van der Waals surface area contributed by atoms with Gasteiger partial charge in [0.25, 0.3) is 5.91 Å². The molecular formula is C30H41N3O7. The van der Waals surface area contributed by atoms with Gasteiger partial charge in [0.15, 0.2) is 11.4 Å². The van der Waals surface area contributed by atoms with Crippen molar-refractivity contribution in [1.82, 2.24) is 9.80 Å². The highest BCUT2D eigenvalue weighted by Crippen LogP contribution is 2.52. The SMILES string of the molecule is CC(C)CN(Cc1ccc(O)c2c1C[C@@H]1C[C@@H]3[C@@H](N(C)C)C(O)=C(C(N)=O)C(=O)[C@]3(O)C(O)=C1C2=O)CC(C)C. The maximum absolute atomic E-state index is 13.9. The molecule has 0 saturated carbocycles. The van der Waals surface area contributed by atoms with Crippen molar-refractivity contribution in [3.63, 3.8) is 0 Å². The van der Waals surface area contributed by atoms with E-state index in [4.69, 9.17) is 5.73 Å². The Balaban J connectivity index is 1.85. The van der Waals surface area contributed by atoms with E-state index in [1.165, 1.54) is 6.07 Å². The quantitative estimate of drug-likeness (QED) is 0.303. The standard InChI is InChI=1S/C30H41N3O7/c1-14(2)11-33(12-15(3)4)13-16-7-8-20(34)22-18(16)9-17-10-19-24(32(5)6)26(36)23(29(31)39)28(38)30(19,40)27(37)21(17)25(22)35/h7-8,14-15,17,19,24,34,36-37,40H,9-13H2,1-6H3,(H2,31,39)/t17-,19-,24-,30-/m1/s1. The summed E-state index contributed by atoms with van der Waals surface area (Å²) in [6.45, 7) is 10.9. The van der Waals surface area contributed by atoms with Gasteiger partial charge in [0.2, 0.25) is 5.78 Å². The Bertz CT molecular complexity index is 1300. The van der Waals surface area contributed by atoms with Crippen LogP contribution < -0.4 is 5.73 Å². The molecule has 0 aliphatic heterocycles. The Labute approximate surface area is 234 Å². The predicted octanol–water partition coefficient (Wildman–Crippen LogP) is 2.23. The molecule has 6 N–H and O–H groups in total. The Kier molecular flexibility index (Phi) is 7.92. The number of aliphatic hydroxyl groups excluding tert-OH is 2. The highest BCUT2D eigenvalue weighted by molar-refractivity contribution is 6.24. The van der Waals surface area contributed by atoms with E-state index in [1.807, 2.05) is 6.07 Å². The first-order valence-corrected chi connectivity index (χ1v) is 13.8. The molecule has 0 unspecified atom stereocenters. The summed E-state index contributed by atoms with van der Waals surface area (Å²) in [6, 6.07) is 2.28. The minimum absolute atomic E-state index is 0.0484. The molecule has 1 aromatic carbocycles. The molecule has 3 aliphatic rings. The number of ketones is 2. The van der Waals surface area contributed by atoms with E-state index in [9.17, 15) is 34.8 Å². The van der Waals surface area contributed by atoms with E-state index in [1.54, 1.807) is 19.0 Å². The van der Waals surface area contributed by atoms with Crippen LogP contribution in [0.5, 0.6) is 5.75 Å². The summed E-state index contributed by atoms with van der Waals surface area (Å²) in [7, 11) is 3.23. The number of phenols is 1. The molecule has 3 aliphatic carbocycles. The Hall–Kier alpha value is -3.21. The van der Waals surface area contributed by atoms with Crippen molar-refractivity contribution in [3.8, 4) is 5.75 Å². The number of nitrogens with two attached hydrogens (primary N) is 1. The fourth-order valence-electron chi connectivity index (χ4n) is 6.94. The van der Waals surface area contributed by atoms with Gasteiger partial charge in [-0.2, -0.15) is 0 Å². The van der Waals surface area contributed by atoms with Crippen molar-refractivity contribution in [2.24, 2.45) is 29.4 Å². The number of likely N-dealkylation sites (N-methyl/N-ethyl adjacent to an activating group) is 1. The Morgan fingerprint density at radius 3 is 2.20 bits per heavy atom. The van der Waals surface area contributed by atoms with E-state index in [2.05, 4.69) is 32.6 Å². The second kappa shape index (κ2) is 10.6. The molecule has 40 heavy (non-hydrogen) atoms. The predicted molar refractivity (Wildman–Crippen MR) is 149 cm³/mol. The number of primary amides is 1. The molecule has 1 aromatic rings. The number of aliphatic hydroxyl groups is 3. The summed E-state index contributed by atoms with van der Waals surface area (Å²) in [5.74, 6) is -5.59. The summed E-state index contributed by atoms with van der Waals surface area (Å²) in [4.78, 5) is 43.3. The summed E-state index contributed by atoms with van der Waals surface area (Å²) in [5.41, 5.74) is 3.41. The van der Waals surface area contributed by atoms with Crippen LogP contribution in [0.25, 0.3) is 0 Å². The van der Waals surface area contributed by atoms with Gasteiger partial charge in [0, 0.05) is 31.1 Å². The molecule has 4 rings (SSSR count). The van der Waals surface area contributed by atoms with Gasteiger partial charge in [-0.1, -0.05) is 33.8 Å². The lowest BCUT2D eigenvalue weighted by atomic mass is 9.58. The minimum Gasteiger partial charge on any atom is -0.510 e. The fourth-order valence-corrected chi connectivity index (χ4v) is 6.94. The van der Waals surface area contributed by atoms with Crippen molar-refractivity contribution in [1.29, 1.82) is 0 Å². The third kappa shape index (κ3) is 4.71. The summed E-state index contributed by atoms with van der Waals surface area (Å²) < 4.78 is 0. The van der Waals surface area contributed by atoms with Gasteiger partial charge in [-0.25, -0.2) is 0 Å². The zero-order valence-electron chi connectivity index (χ0n) is 24.1. The van der Waals surface area contributed by atoms with Crippen LogP contribution in [0, 0.1) is 23.7 Å².